The van der Waals surface area contributed by atoms with Crippen molar-refractivity contribution in [1.29, 1.82) is 0 Å². The van der Waals surface area contributed by atoms with Gasteiger partial charge in [0.05, 0.1) is 19.6 Å². The van der Waals surface area contributed by atoms with Crippen LogP contribution in [-0.2, 0) is 41.6 Å². The minimum atomic E-state index is -0.147. The molecule has 1 aromatic rings. The zero-order chi connectivity index (χ0) is 21.5. The van der Waals surface area contributed by atoms with Gasteiger partial charge in [0.15, 0.2) is 0 Å². The van der Waals surface area contributed by atoms with Crippen LogP contribution in [0.4, 0.5) is 0 Å². The summed E-state index contributed by atoms with van der Waals surface area (Å²) in [5.41, 5.74) is 1.81. The molecule has 2 amide bonds. The number of benzene rings is 1. The molecule has 1 N–H and O–H groups in total. The lowest BCUT2D eigenvalue weighted by molar-refractivity contribution is -0.136. The van der Waals surface area contributed by atoms with Gasteiger partial charge < -0.3 is 19.7 Å². The Labute approximate surface area is 171 Å². The molecule has 1 aromatic carbocycles. The fourth-order valence-electron chi connectivity index (χ4n) is 2.45. The largest absolute Gasteiger partial charge is 0.468 e. The lowest BCUT2D eigenvalue weighted by atomic mass is 10.1. The third kappa shape index (κ3) is 11.0. The number of amides is 2. The van der Waals surface area contributed by atoms with Gasteiger partial charge in [0.1, 0.15) is 12.4 Å². The second-order valence-corrected chi connectivity index (χ2v) is 6.61. The van der Waals surface area contributed by atoms with E-state index in [2.05, 4.69) is 10.1 Å². The standard InChI is InChI=1S/C21H30N2O6/c1-3-19(25)9-10-22-20(26)13-17-5-7-18(8-6-17)14-23(2)21(27)15-28-11-4-12-29-16-24/h5-8,16H,3-4,9-15H2,1-2H3,(H,22,26). The summed E-state index contributed by atoms with van der Waals surface area (Å²) in [6.07, 6.45) is 1.63. The van der Waals surface area contributed by atoms with E-state index < -0.39 is 0 Å². The molecule has 0 heterocycles. The predicted molar refractivity (Wildman–Crippen MR) is 107 cm³/mol. The maximum atomic E-state index is 12.1. The number of ketones is 1. The zero-order valence-corrected chi connectivity index (χ0v) is 17.1. The molecule has 0 fully saturated rings. The summed E-state index contributed by atoms with van der Waals surface area (Å²) >= 11 is 0. The van der Waals surface area contributed by atoms with Gasteiger partial charge in [0.2, 0.25) is 11.8 Å². The molecular weight excluding hydrogens is 376 g/mol. The molecule has 0 bridgehead atoms. The molecule has 0 saturated carbocycles. The number of likely N-dealkylation sites (N-methyl/N-ethyl adjacent to an activating group) is 1. The number of Topliss-reactive ketones (excluding diaryl/α,β-unsaturated/α-hetero) is 1. The maximum Gasteiger partial charge on any atom is 0.293 e. The first kappa shape index (κ1) is 24.3. The van der Waals surface area contributed by atoms with E-state index in [1.54, 1.807) is 18.9 Å². The number of carbonyl (C=O) groups excluding carboxylic acids is 4. The Bertz CT molecular complexity index is 660. The van der Waals surface area contributed by atoms with Gasteiger partial charge >= 0.3 is 0 Å². The lowest BCUT2D eigenvalue weighted by Crippen LogP contribution is -2.30. The van der Waals surface area contributed by atoms with Gasteiger partial charge in [-0.1, -0.05) is 31.2 Å². The van der Waals surface area contributed by atoms with Gasteiger partial charge in [0, 0.05) is 39.4 Å². The van der Waals surface area contributed by atoms with Crippen LogP contribution in [-0.4, -0.2) is 62.4 Å². The van der Waals surface area contributed by atoms with Crippen LogP contribution in [0.15, 0.2) is 24.3 Å². The van der Waals surface area contributed by atoms with Crippen molar-refractivity contribution in [3.63, 3.8) is 0 Å². The van der Waals surface area contributed by atoms with E-state index in [0.717, 1.165) is 11.1 Å². The summed E-state index contributed by atoms with van der Waals surface area (Å²) in [4.78, 5) is 46.8. The van der Waals surface area contributed by atoms with Gasteiger partial charge in [-0.15, -0.1) is 0 Å². The highest BCUT2D eigenvalue weighted by Crippen LogP contribution is 2.08. The first-order valence-corrected chi connectivity index (χ1v) is 9.69. The van der Waals surface area contributed by atoms with Gasteiger partial charge in [-0.25, -0.2) is 0 Å². The monoisotopic (exact) mass is 406 g/mol. The van der Waals surface area contributed by atoms with Crippen LogP contribution in [0.1, 0.15) is 37.3 Å². The fourth-order valence-corrected chi connectivity index (χ4v) is 2.45. The van der Waals surface area contributed by atoms with E-state index >= 15 is 0 Å². The zero-order valence-electron chi connectivity index (χ0n) is 17.1. The molecule has 0 atom stereocenters. The Balaban J connectivity index is 2.31. The van der Waals surface area contributed by atoms with E-state index in [-0.39, 0.29) is 37.2 Å². The van der Waals surface area contributed by atoms with Crippen LogP contribution in [0.5, 0.6) is 0 Å². The molecule has 1 rings (SSSR count). The highest BCUT2D eigenvalue weighted by Gasteiger charge is 2.10. The van der Waals surface area contributed by atoms with Crippen molar-refractivity contribution in [2.45, 2.75) is 39.2 Å². The Morgan fingerprint density at radius 1 is 1.10 bits per heavy atom. The van der Waals surface area contributed by atoms with E-state index in [1.807, 2.05) is 24.3 Å². The number of carbonyl (C=O) groups is 4. The van der Waals surface area contributed by atoms with E-state index in [4.69, 9.17) is 4.74 Å². The van der Waals surface area contributed by atoms with E-state index in [9.17, 15) is 19.2 Å². The lowest BCUT2D eigenvalue weighted by Gasteiger charge is -2.17. The average Bonchev–Trinajstić information content (AvgIpc) is 2.71. The molecular formula is C21H30N2O6. The third-order valence-corrected chi connectivity index (χ3v) is 4.20. The summed E-state index contributed by atoms with van der Waals surface area (Å²) in [5.74, 6) is -0.137. The van der Waals surface area contributed by atoms with Gasteiger partial charge in [-0.05, 0) is 11.1 Å². The van der Waals surface area contributed by atoms with Crippen molar-refractivity contribution in [1.82, 2.24) is 10.2 Å². The number of hydrogen-bond donors (Lipinski definition) is 1. The fraction of sp³-hybridized carbons (Fsp3) is 0.524. The summed E-state index contributed by atoms with van der Waals surface area (Å²) < 4.78 is 9.80. The molecule has 0 aliphatic heterocycles. The average molecular weight is 406 g/mol. The summed E-state index contributed by atoms with van der Waals surface area (Å²) in [7, 11) is 1.69. The highest BCUT2D eigenvalue weighted by atomic mass is 16.5. The van der Waals surface area contributed by atoms with Gasteiger partial charge in [0.25, 0.3) is 6.47 Å². The minimum absolute atomic E-state index is 0.0314. The molecule has 0 aliphatic rings. The van der Waals surface area contributed by atoms with Crippen LogP contribution in [0.3, 0.4) is 0 Å². The second kappa shape index (κ2) is 14.3. The molecule has 160 valence electrons. The van der Waals surface area contributed by atoms with E-state index in [1.165, 1.54) is 0 Å². The molecule has 8 heteroatoms. The molecule has 0 saturated heterocycles. The number of hydrogen-bond acceptors (Lipinski definition) is 6. The quantitative estimate of drug-likeness (QED) is 0.347. The molecule has 8 nitrogen and oxygen atoms in total. The Kier molecular flexibility index (Phi) is 12.0. The van der Waals surface area contributed by atoms with Crippen molar-refractivity contribution >= 4 is 24.1 Å². The van der Waals surface area contributed by atoms with Crippen molar-refractivity contribution in [2.24, 2.45) is 0 Å². The number of nitrogens with zero attached hydrogens (tertiary/aromatic N) is 1. The number of ether oxygens (including phenoxy) is 2. The Hall–Kier alpha value is -2.74. The van der Waals surface area contributed by atoms with Crippen LogP contribution in [0.25, 0.3) is 0 Å². The molecule has 0 aliphatic carbocycles. The SMILES string of the molecule is CCC(=O)CCNC(=O)Cc1ccc(CN(C)C(=O)COCCCOC=O)cc1. The third-order valence-electron chi connectivity index (χ3n) is 4.20. The molecule has 0 spiro atoms. The predicted octanol–water partition coefficient (Wildman–Crippen LogP) is 1.25. The van der Waals surface area contributed by atoms with E-state index in [0.29, 0.717) is 45.4 Å². The van der Waals surface area contributed by atoms with Crippen LogP contribution < -0.4 is 5.32 Å². The molecule has 0 unspecified atom stereocenters. The van der Waals surface area contributed by atoms with Crippen LogP contribution in [0, 0.1) is 0 Å². The Morgan fingerprint density at radius 3 is 2.45 bits per heavy atom. The first-order valence-electron chi connectivity index (χ1n) is 9.69. The highest BCUT2D eigenvalue weighted by molar-refractivity contribution is 5.81. The van der Waals surface area contributed by atoms with Crippen molar-refractivity contribution in [3.05, 3.63) is 35.4 Å². The summed E-state index contributed by atoms with van der Waals surface area (Å²) in [6, 6.07) is 7.47. The Morgan fingerprint density at radius 2 is 1.79 bits per heavy atom. The van der Waals surface area contributed by atoms with Crippen molar-refractivity contribution in [2.75, 3.05) is 33.4 Å². The molecule has 0 aromatic heterocycles. The number of nitrogens with one attached hydrogen (secondary N) is 1. The topological polar surface area (TPSA) is 102 Å². The summed E-state index contributed by atoms with van der Waals surface area (Å²) in [6.45, 7) is 3.57. The molecule has 0 radical (unpaired) electrons. The van der Waals surface area contributed by atoms with Crippen molar-refractivity contribution in [3.8, 4) is 0 Å². The van der Waals surface area contributed by atoms with Crippen LogP contribution >= 0.6 is 0 Å². The minimum Gasteiger partial charge on any atom is -0.468 e. The smallest absolute Gasteiger partial charge is 0.293 e. The second-order valence-electron chi connectivity index (χ2n) is 6.61. The van der Waals surface area contributed by atoms with Gasteiger partial charge in [-0.3, -0.25) is 19.2 Å². The van der Waals surface area contributed by atoms with Crippen molar-refractivity contribution < 1.29 is 28.7 Å². The van der Waals surface area contributed by atoms with Crippen LogP contribution in [0.2, 0.25) is 0 Å². The summed E-state index contributed by atoms with van der Waals surface area (Å²) in [5, 5.41) is 2.74. The van der Waals surface area contributed by atoms with Gasteiger partial charge in [-0.2, -0.15) is 0 Å². The normalized spacial score (nSPS) is 10.3. The first-order chi connectivity index (χ1) is 14.0. The molecule has 29 heavy (non-hydrogen) atoms. The maximum absolute atomic E-state index is 12.1. The number of rotatable bonds is 15.